The van der Waals surface area contributed by atoms with E-state index >= 15 is 0 Å². The maximum absolute atomic E-state index is 12.2. The predicted octanol–water partition coefficient (Wildman–Crippen LogP) is 2.30. The van der Waals surface area contributed by atoms with Crippen molar-refractivity contribution in [3.8, 4) is 0 Å². The van der Waals surface area contributed by atoms with Gasteiger partial charge in [-0.05, 0) is 19.9 Å². The Labute approximate surface area is 130 Å². The van der Waals surface area contributed by atoms with E-state index in [2.05, 4.69) is 10.6 Å². The van der Waals surface area contributed by atoms with Crippen LogP contribution < -0.4 is 10.6 Å². The number of carbonyl (C=O) groups is 1. The Morgan fingerprint density at radius 2 is 2.27 bits per heavy atom. The molecule has 1 amide bonds. The van der Waals surface area contributed by atoms with Crippen molar-refractivity contribution in [3.63, 3.8) is 0 Å². The van der Waals surface area contributed by atoms with Crippen LogP contribution in [0.5, 0.6) is 0 Å². The van der Waals surface area contributed by atoms with Crippen LogP contribution in [0.2, 0.25) is 0 Å². The van der Waals surface area contributed by atoms with Gasteiger partial charge in [0.25, 0.3) is 0 Å². The van der Waals surface area contributed by atoms with Gasteiger partial charge in [-0.2, -0.15) is 0 Å². The van der Waals surface area contributed by atoms with Crippen LogP contribution in [0.15, 0.2) is 28.7 Å². The zero-order chi connectivity index (χ0) is 15.5. The molecule has 1 aromatic heterocycles. The number of rotatable bonds is 4. The first kappa shape index (κ1) is 15.1. The van der Waals surface area contributed by atoms with Crippen LogP contribution in [0, 0.1) is 6.92 Å². The van der Waals surface area contributed by atoms with Crippen LogP contribution in [0.3, 0.4) is 0 Å². The summed E-state index contributed by atoms with van der Waals surface area (Å²) in [5.41, 5.74) is 1.95. The van der Waals surface area contributed by atoms with E-state index in [1.807, 2.05) is 38.1 Å². The van der Waals surface area contributed by atoms with Crippen molar-refractivity contribution in [2.45, 2.75) is 32.4 Å². The lowest BCUT2D eigenvalue weighted by atomic mass is 10.1. The third-order valence-corrected chi connectivity index (χ3v) is 4.08. The van der Waals surface area contributed by atoms with Crippen molar-refractivity contribution in [1.82, 2.24) is 10.6 Å². The smallest absolute Gasteiger partial charge is 0.222 e. The number of aryl methyl sites for hydroxylation is 1. The SMILES string of the molecule is Cc1c(C(C)NC(=O)CC2COCCN2)oc2ccccc12. The monoisotopic (exact) mass is 302 g/mol. The van der Waals surface area contributed by atoms with Gasteiger partial charge in [0.15, 0.2) is 0 Å². The van der Waals surface area contributed by atoms with Crippen molar-refractivity contribution >= 4 is 16.9 Å². The predicted molar refractivity (Wildman–Crippen MR) is 84.7 cm³/mol. The van der Waals surface area contributed by atoms with Gasteiger partial charge in [-0.15, -0.1) is 0 Å². The van der Waals surface area contributed by atoms with Gasteiger partial charge in [-0.1, -0.05) is 18.2 Å². The summed E-state index contributed by atoms with van der Waals surface area (Å²) in [6, 6.07) is 7.88. The van der Waals surface area contributed by atoms with E-state index in [0.29, 0.717) is 19.6 Å². The molecular formula is C17H22N2O3. The van der Waals surface area contributed by atoms with Crippen LogP contribution in [-0.2, 0) is 9.53 Å². The summed E-state index contributed by atoms with van der Waals surface area (Å²) in [4.78, 5) is 12.2. The van der Waals surface area contributed by atoms with E-state index in [1.165, 1.54) is 0 Å². The molecule has 5 nitrogen and oxygen atoms in total. The number of morpholine rings is 1. The number of para-hydroxylation sites is 1. The molecule has 5 heteroatoms. The number of benzene rings is 1. The molecule has 0 radical (unpaired) electrons. The number of hydrogen-bond acceptors (Lipinski definition) is 4. The summed E-state index contributed by atoms with van der Waals surface area (Å²) >= 11 is 0. The highest BCUT2D eigenvalue weighted by molar-refractivity contribution is 5.82. The molecule has 1 saturated heterocycles. The van der Waals surface area contributed by atoms with Crippen molar-refractivity contribution in [3.05, 3.63) is 35.6 Å². The van der Waals surface area contributed by atoms with Crippen LogP contribution in [0.25, 0.3) is 11.0 Å². The molecule has 2 unspecified atom stereocenters. The maximum Gasteiger partial charge on any atom is 0.222 e. The first-order chi connectivity index (χ1) is 10.6. The maximum atomic E-state index is 12.2. The van der Waals surface area contributed by atoms with E-state index in [9.17, 15) is 4.79 Å². The minimum Gasteiger partial charge on any atom is -0.459 e. The molecule has 1 aromatic carbocycles. The standard InChI is InChI=1S/C17H22N2O3/c1-11-14-5-3-4-6-15(14)22-17(11)12(2)19-16(20)9-13-10-21-8-7-18-13/h3-6,12-13,18H,7-10H2,1-2H3,(H,19,20). The highest BCUT2D eigenvalue weighted by atomic mass is 16.5. The summed E-state index contributed by atoms with van der Waals surface area (Å²) in [5, 5.41) is 7.40. The number of carbonyl (C=O) groups excluding carboxylic acids is 1. The second kappa shape index (κ2) is 6.50. The molecule has 1 fully saturated rings. The number of amides is 1. The lowest BCUT2D eigenvalue weighted by Crippen LogP contribution is -2.44. The molecule has 3 rings (SSSR count). The van der Waals surface area contributed by atoms with Gasteiger partial charge >= 0.3 is 0 Å². The largest absolute Gasteiger partial charge is 0.459 e. The van der Waals surface area contributed by atoms with Crippen molar-refractivity contribution < 1.29 is 13.9 Å². The Bertz CT molecular complexity index is 659. The van der Waals surface area contributed by atoms with E-state index in [0.717, 1.165) is 28.8 Å². The molecule has 0 spiro atoms. The number of fused-ring (bicyclic) bond motifs is 1. The fourth-order valence-electron chi connectivity index (χ4n) is 2.95. The fourth-order valence-corrected chi connectivity index (χ4v) is 2.95. The molecule has 2 aromatic rings. The van der Waals surface area contributed by atoms with E-state index in [1.54, 1.807) is 0 Å². The highest BCUT2D eigenvalue weighted by Crippen LogP contribution is 2.29. The van der Waals surface area contributed by atoms with Crippen molar-refractivity contribution in [2.75, 3.05) is 19.8 Å². The summed E-state index contributed by atoms with van der Waals surface area (Å²) in [5.74, 6) is 0.831. The lowest BCUT2D eigenvalue weighted by molar-refractivity contribution is -0.123. The van der Waals surface area contributed by atoms with E-state index < -0.39 is 0 Å². The summed E-state index contributed by atoms with van der Waals surface area (Å²) in [7, 11) is 0. The summed E-state index contributed by atoms with van der Waals surface area (Å²) in [6.07, 6.45) is 0.420. The van der Waals surface area contributed by atoms with E-state index in [4.69, 9.17) is 9.15 Å². The Morgan fingerprint density at radius 1 is 1.45 bits per heavy atom. The first-order valence-corrected chi connectivity index (χ1v) is 7.73. The Hall–Kier alpha value is -1.85. The van der Waals surface area contributed by atoms with Gasteiger partial charge in [0.1, 0.15) is 11.3 Å². The minimum atomic E-state index is -0.149. The topological polar surface area (TPSA) is 63.5 Å². The number of hydrogen-bond donors (Lipinski definition) is 2. The van der Waals surface area contributed by atoms with Crippen LogP contribution in [0.1, 0.15) is 30.7 Å². The van der Waals surface area contributed by atoms with Crippen molar-refractivity contribution in [1.29, 1.82) is 0 Å². The Morgan fingerprint density at radius 3 is 3.00 bits per heavy atom. The minimum absolute atomic E-state index is 0.00959. The molecule has 1 aliphatic rings. The molecule has 0 saturated carbocycles. The molecule has 0 bridgehead atoms. The van der Waals surface area contributed by atoms with Crippen LogP contribution in [0.4, 0.5) is 0 Å². The second-order valence-corrected chi connectivity index (χ2v) is 5.81. The van der Waals surface area contributed by atoms with Gasteiger partial charge in [-0.25, -0.2) is 0 Å². The fraction of sp³-hybridized carbons (Fsp3) is 0.471. The number of furan rings is 1. The normalized spacial score (nSPS) is 20.0. The van der Waals surface area contributed by atoms with Gasteiger partial charge in [-0.3, -0.25) is 4.79 Å². The third-order valence-electron chi connectivity index (χ3n) is 4.08. The molecular weight excluding hydrogens is 280 g/mol. The molecule has 22 heavy (non-hydrogen) atoms. The van der Waals surface area contributed by atoms with Gasteiger partial charge in [0.05, 0.1) is 19.3 Å². The summed E-state index contributed by atoms with van der Waals surface area (Å²) in [6.45, 7) is 6.09. The number of ether oxygens (including phenoxy) is 1. The zero-order valence-electron chi connectivity index (χ0n) is 13.0. The first-order valence-electron chi connectivity index (χ1n) is 7.73. The molecule has 2 N–H and O–H groups in total. The van der Waals surface area contributed by atoms with E-state index in [-0.39, 0.29) is 18.0 Å². The average Bonchev–Trinajstić information content (AvgIpc) is 2.86. The second-order valence-electron chi connectivity index (χ2n) is 5.81. The Balaban J connectivity index is 1.66. The van der Waals surface area contributed by atoms with Gasteiger partial charge < -0.3 is 19.8 Å². The molecule has 2 heterocycles. The number of nitrogens with one attached hydrogen (secondary N) is 2. The van der Waals surface area contributed by atoms with Crippen molar-refractivity contribution in [2.24, 2.45) is 0 Å². The van der Waals surface area contributed by atoms with Gasteiger partial charge in [0.2, 0.25) is 5.91 Å². The molecule has 118 valence electrons. The highest BCUT2D eigenvalue weighted by Gasteiger charge is 2.21. The summed E-state index contributed by atoms with van der Waals surface area (Å²) < 4.78 is 11.3. The van der Waals surface area contributed by atoms with Crippen LogP contribution >= 0.6 is 0 Å². The zero-order valence-corrected chi connectivity index (χ0v) is 13.0. The average molecular weight is 302 g/mol. The van der Waals surface area contributed by atoms with Crippen LogP contribution in [-0.4, -0.2) is 31.7 Å². The third kappa shape index (κ3) is 3.15. The molecule has 1 aliphatic heterocycles. The van der Waals surface area contributed by atoms with Gasteiger partial charge in [0, 0.05) is 30.0 Å². The quantitative estimate of drug-likeness (QED) is 0.909. The molecule has 2 atom stereocenters. The Kier molecular flexibility index (Phi) is 4.45. The lowest BCUT2D eigenvalue weighted by Gasteiger charge is -2.23. The molecule has 0 aliphatic carbocycles.